The molecule has 2 aliphatic rings. The molecule has 84 valence electrons. The van der Waals surface area contributed by atoms with Crippen molar-refractivity contribution in [3.8, 4) is 11.5 Å². The van der Waals surface area contributed by atoms with Gasteiger partial charge in [0.25, 0.3) is 0 Å². The molecule has 0 saturated carbocycles. The van der Waals surface area contributed by atoms with Gasteiger partial charge in [0, 0.05) is 6.54 Å². The molecule has 0 aliphatic carbocycles. The second-order valence-corrected chi connectivity index (χ2v) is 4.01. The van der Waals surface area contributed by atoms with Crippen molar-refractivity contribution in [1.29, 1.82) is 0 Å². The molecule has 16 heavy (non-hydrogen) atoms. The maximum atomic E-state index is 5.87. The summed E-state index contributed by atoms with van der Waals surface area (Å²) in [7, 11) is 0. The summed E-state index contributed by atoms with van der Waals surface area (Å²) < 4.78 is 11.5. The molecule has 1 aromatic rings. The Hall–Kier alpha value is -1.71. The minimum absolute atomic E-state index is 0.0967. The van der Waals surface area contributed by atoms with Gasteiger partial charge in [-0.2, -0.15) is 0 Å². The Balaban J connectivity index is 1.66. The largest absolute Gasteiger partial charge is 0.486 e. The van der Waals surface area contributed by atoms with Gasteiger partial charge >= 0.3 is 0 Å². The molecule has 0 saturated heterocycles. The van der Waals surface area contributed by atoms with Gasteiger partial charge in [-0.05, 0) is 12.1 Å². The summed E-state index contributed by atoms with van der Waals surface area (Å²) >= 11 is 0. The van der Waals surface area contributed by atoms with Crippen LogP contribution in [0.15, 0.2) is 29.3 Å². The van der Waals surface area contributed by atoms with Crippen molar-refractivity contribution >= 4 is 6.34 Å². The van der Waals surface area contributed by atoms with Gasteiger partial charge < -0.3 is 14.4 Å². The van der Waals surface area contributed by atoms with Crippen molar-refractivity contribution in [2.45, 2.75) is 6.10 Å². The van der Waals surface area contributed by atoms with E-state index in [0.29, 0.717) is 6.61 Å². The second kappa shape index (κ2) is 4.04. The maximum absolute atomic E-state index is 5.87. The zero-order valence-corrected chi connectivity index (χ0v) is 9.00. The van der Waals surface area contributed by atoms with Crippen molar-refractivity contribution in [2.75, 3.05) is 26.2 Å². The third-order valence-corrected chi connectivity index (χ3v) is 2.77. The number of rotatable bonds is 2. The Morgan fingerprint density at radius 2 is 2.19 bits per heavy atom. The van der Waals surface area contributed by atoms with E-state index in [0.717, 1.165) is 31.1 Å². The fraction of sp³-hybridized carbons (Fsp3) is 0.417. The van der Waals surface area contributed by atoms with Crippen LogP contribution in [0, 0.1) is 0 Å². The Kier molecular flexibility index (Phi) is 2.40. The normalized spacial score (nSPS) is 22.5. The van der Waals surface area contributed by atoms with Crippen LogP contribution >= 0.6 is 0 Å². The summed E-state index contributed by atoms with van der Waals surface area (Å²) in [4.78, 5) is 6.35. The third kappa shape index (κ3) is 1.83. The van der Waals surface area contributed by atoms with Crippen LogP contribution in [-0.2, 0) is 0 Å². The van der Waals surface area contributed by atoms with Gasteiger partial charge in [0.1, 0.15) is 6.61 Å². The second-order valence-electron chi connectivity index (χ2n) is 4.01. The van der Waals surface area contributed by atoms with E-state index in [2.05, 4.69) is 9.89 Å². The van der Waals surface area contributed by atoms with E-state index in [4.69, 9.17) is 9.47 Å². The van der Waals surface area contributed by atoms with Crippen LogP contribution in [0.2, 0.25) is 0 Å². The molecular weight excluding hydrogens is 204 g/mol. The average Bonchev–Trinajstić information content (AvgIpc) is 2.82. The lowest BCUT2D eigenvalue weighted by atomic mass is 10.2. The lowest BCUT2D eigenvalue weighted by molar-refractivity contribution is 0.0767. The summed E-state index contributed by atoms with van der Waals surface area (Å²) in [6, 6.07) is 7.79. The summed E-state index contributed by atoms with van der Waals surface area (Å²) in [6.45, 7) is 3.34. The molecule has 4 heteroatoms. The molecule has 0 aromatic heterocycles. The van der Waals surface area contributed by atoms with Crippen molar-refractivity contribution in [2.24, 2.45) is 4.99 Å². The van der Waals surface area contributed by atoms with Gasteiger partial charge in [0.2, 0.25) is 0 Å². The van der Waals surface area contributed by atoms with Crippen LogP contribution < -0.4 is 9.47 Å². The number of nitrogens with zero attached hydrogens (tertiary/aromatic N) is 2. The molecule has 1 atom stereocenters. The lowest BCUT2D eigenvalue weighted by Crippen LogP contribution is -2.39. The molecule has 4 nitrogen and oxygen atoms in total. The molecule has 1 unspecified atom stereocenters. The summed E-state index contributed by atoms with van der Waals surface area (Å²) in [5.41, 5.74) is 0. The number of ether oxygens (including phenoxy) is 2. The van der Waals surface area contributed by atoms with Gasteiger partial charge in [-0.25, -0.2) is 0 Å². The topological polar surface area (TPSA) is 34.1 Å². The highest BCUT2D eigenvalue weighted by Crippen LogP contribution is 2.30. The van der Waals surface area contributed by atoms with Crippen molar-refractivity contribution in [1.82, 2.24) is 4.90 Å². The molecule has 0 amide bonds. The monoisotopic (exact) mass is 218 g/mol. The van der Waals surface area contributed by atoms with Gasteiger partial charge in [-0.15, -0.1) is 0 Å². The summed E-state index contributed by atoms with van der Waals surface area (Å²) in [5, 5.41) is 0. The van der Waals surface area contributed by atoms with Crippen LogP contribution in [0.3, 0.4) is 0 Å². The molecule has 0 bridgehead atoms. The molecule has 1 aromatic carbocycles. The van der Waals surface area contributed by atoms with Gasteiger partial charge in [0.05, 0.1) is 19.4 Å². The number of benzene rings is 1. The van der Waals surface area contributed by atoms with Crippen molar-refractivity contribution < 1.29 is 9.47 Å². The van der Waals surface area contributed by atoms with Crippen LogP contribution in [-0.4, -0.2) is 43.6 Å². The van der Waals surface area contributed by atoms with E-state index in [-0.39, 0.29) is 6.10 Å². The highest BCUT2D eigenvalue weighted by molar-refractivity contribution is 5.57. The minimum atomic E-state index is 0.0967. The zero-order chi connectivity index (χ0) is 10.8. The average molecular weight is 218 g/mol. The van der Waals surface area contributed by atoms with Crippen molar-refractivity contribution in [3.05, 3.63) is 24.3 Å². The van der Waals surface area contributed by atoms with Gasteiger partial charge in [-0.3, -0.25) is 4.99 Å². The van der Waals surface area contributed by atoms with E-state index in [1.54, 1.807) is 0 Å². The molecule has 0 N–H and O–H groups in total. The number of hydrogen-bond donors (Lipinski definition) is 0. The Bertz CT molecular complexity index is 406. The number of fused-ring (bicyclic) bond motifs is 1. The van der Waals surface area contributed by atoms with E-state index >= 15 is 0 Å². The predicted octanol–water partition coefficient (Wildman–Crippen LogP) is 1.17. The Morgan fingerprint density at radius 3 is 3.00 bits per heavy atom. The lowest BCUT2D eigenvalue weighted by Gasteiger charge is -2.29. The quantitative estimate of drug-likeness (QED) is 0.747. The number of para-hydroxylation sites is 2. The predicted molar refractivity (Wildman–Crippen MR) is 61.3 cm³/mol. The fourth-order valence-corrected chi connectivity index (χ4v) is 1.97. The third-order valence-electron chi connectivity index (χ3n) is 2.77. The van der Waals surface area contributed by atoms with E-state index in [1.807, 2.05) is 30.6 Å². The first-order valence-electron chi connectivity index (χ1n) is 5.54. The molecule has 0 radical (unpaired) electrons. The van der Waals surface area contributed by atoms with Crippen LogP contribution in [0.5, 0.6) is 11.5 Å². The van der Waals surface area contributed by atoms with E-state index in [9.17, 15) is 0 Å². The molecule has 3 rings (SSSR count). The molecular formula is C12H14N2O2. The van der Waals surface area contributed by atoms with E-state index in [1.165, 1.54) is 0 Å². The molecule has 0 fully saturated rings. The smallest absolute Gasteiger partial charge is 0.161 e. The molecule has 2 heterocycles. The summed E-state index contributed by atoms with van der Waals surface area (Å²) in [5.74, 6) is 1.68. The standard InChI is InChI=1S/C12H14N2O2/c1-2-4-12-11(3-1)15-8-10(16-12)7-14-6-5-13-9-14/h1-4,9-10H,5-8H2. The Labute approximate surface area is 94.5 Å². The molecule has 0 spiro atoms. The van der Waals surface area contributed by atoms with Crippen molar-refractivity contribution in [3.63, 3.8) is 0 Å². The highest BCUT2D eigenvalue weighted by Gasteiger charge is 2.22. The summed E-state index contributed by atoms with van der Waals surface area (Å²) in [6.07, 6.45) is 1.99. The zero-order valence-electron chi connectivity index (χ0n) is 9.00. The maximum Gasteiger partial charge on any atom is 0.161 e. The van der Waals surface area contributed by atoms with E-state index < -0.39 is 0 Å². The number of aliphatic imine (C=N–C) groups is 1. The SMILES string of the molecule is C1=NCCN1CC1COc2ccccc2O1. The number of hydrogen-bond acceptors (Lipinski definition) is 4. The first kappa shape index (κ1) is 9.51. The minimum Gasteiger partial charge on any atom is -0.486 e. The highest BCUT2D eigenvalue weighted by atomic mass is 16.6. The van der Waals surface area contributed by atoms with Gasteiger partial charge in [0.15, 0.2) is 17.6 Å². The van der Waals surface area contributed by atoms with Gasteiger partial charge in [-0.1, -0.05) is 12.1 Å². The van der Waals surface area contributed by atoms with Crippen LogP contribution in [0.1, 0.15) is 0 Å². The van der Waals surface area contributed by atoms with Crippen LogP contribution in [0.25, 0.3) is 0 Å². The molecule has 2 aliphatic heterocycles. The first-order valence-corrected chi connectivity index (χ1v) is 5.54. The van der Waals surface area contributed by atoms with Crippen LogP contribution in [0.4, 0.5) is 0 Å². The first-order chi connectivity index (χ1) is 7.92. The Morgan fingerprint density at radius 1 is 1.31 bits per heavy atom. The fourth-order valence-electron chi connectivity index (χ4n) is 1.97.